The highest BCUT2D eigenvalue weighted by atomic mass is 16.8. The summed E-state index contributed by atoms with van der Waals surface area (Å²) in [6.45, 7) is 14.2. The summed E-state index contributed by atoms with van der Waals surface area (Å²) >= 11 is 0. The van der Waals surface area contributed by atoms with Gasteiger partial charge in [-0.25, -0.2) is 0 Å². The van der Waals surface area contributed by atoms with Crippen LogP contribution in [-0.2, 0) is 28.4 Å². The van der Waals surface area contributed by atoms with E-state index in [4.69, 9.17) is 28.4 Å². The van der Waals surface area contributed by atoms with Gasteiger partial charge in [-0.2, -0.15) is 0 Å². The Bertz CT molecular complexity index is 1710. The Balaban J connectivity index is 1.06. The Morgan fingerprint density at radius 2 is 1.18 bits per heavy atom. The molecule has 0 aromatic heterocycles. The number of ether oxygens (including phenoxy) is 6. The van der Waals surface area contributed by atoms with Crippen molar-refractivity contribution < 1.29 is 94.8 Å². The van der Waals surface area contributed by atoms with Crippen LogP contribution in [0.2, 0.25) is 0 Å². The van der Waals surface area contributed by atoms with E-state index in [9.17, 15) is 66.4 Å². The minimum Gasteiger partial charge on any atom is -0.394 e. The second-order valence-corrected chi connectivity index (χ2v) is 23.0. The molecule has 19 heteroatoms. The van der Waals surface area contributed by atoms with Crippen molar-refractivity contribution in [2.24, 2.45) is 45.3 Å². The van der Waals surface area contributed by atoms with Crippen LogP contribution >= 0.6 is 0 Å². The van der Waals surface area contributed by atoms with E-state index in [0.29, 0.717) is 25.7 Å². The van der Waals surface area contributed by atoms with Crippen LogP contribution in [0.4, 0.5) is 0 Å². The van der Waals surface area contributed by atoms with E-state index in [1.807, 2.05) is 0 Å². The summed E-state index contributed by atoms with van der Waals surface area (Å²) in [6.07, 6.45) is -19.3. The van der Waals surface area contributed by atoms with E-state index in [1.54, 1.807) is 13.8 Å². The van der Waals surface area contributed by atoms with Gasteiger partial charge in [-0.15, -0.1) is 0 Å². The normalized spacial score (nSPS) is 51.0. The first-order valence-corrected chi connectivity index (χ1v) is 24.5. The van der Waals surface area contributed by atoms with Crippen molar-refractivity contribution in [3.05, 3.63) is 11.6 Å². The Labute approximate surface area is 393 Å². The van der Waals surface area contributed by atoms with E-state index in [2.05, 4.69) is 47.6 Å². The van der Waals surface area contributed by atoms with Gasteiger partial charge < -0.3 is 94.8 Å². The van der Waals surface area contributed by atoms with Gasteiger partial charge >= 0.3 is 0 Å². The molecule has 3 aliphatic heterocycles. The number of rotatable bonds is 14. The van der Waals surface area contributed by atoms with Crippen LogP contribution in [0.3, 0.4) is 0 Å². The van der Waals surface area contributed by atoms with Gasteiger partial charge in [0.1, 0.15) is 73.2 Å². The molecular weight excluding hydrogens is 881 g/mol. The summed E-state index contributed by atoms with van der Waals surface area (Å²) in [4.78, 5) is 0. The summed E-state index contributed by atoms with van der Waals surface area (Å²) in [5.41, 5.74) is -1.22. The highest BCUT2D eigenvalue weighted by molar-refractivity contribution is 5.31. The first kappa shape index (κ1) is 53.8. The lowest BCUT2D eigenvalue weighted by Crippen LogP contribution is -2.67. The lowest BCUT2D eigenvalue weighted by molar-refractivity contribution is -0.389. The van der Waals surface area contributed by atoms with E-state index in [1.165, 1.54) is 5.57 Å². The van der Waals surface area contributed by atoms with E-state index in [-0.39, 0.29) is 45.3 Å². The summed E-state index contributed by atoms with van der Waals surface area (Å²) in [5, 5.41) is 141. The molecule has 0 radical (unpaired) electrons. The summed E-state index contributed by atoms with van der Waals surface area (Å²) in [6, 6.07) is 0. The number of allylic oxidation sites excluding steroid dienone is 1. The minimum atomic E-state index is -1.99. The number of aliphatic hydroxyl groups excluding tert-OH is 12. The lowest BCUT2D eigenvalue weighted by atomic mass is 9.38. The van der Waals surface area contributed by atoms with Crippen LogP contribution in [0, 0.1) is 45.3 Å². The first-order valence-electron chi connectivity index (χ1n) is 24.5. The van der Waals surface area contributed by atoms with Gasteiger partial charge in [-0.1, -0.05) is 53.2 Å². The fraction of sp³-hybridized carbons (Fsp3) is 0.958. The molecule has 3 heterocycles. The fourth-order valence-corrected chi connectivity index (χ4v) is 14.2. The molecule has 0 spiro atoms. The maximum atomic E-state index is 12.4. The number of hydrogen-bond acceptors (Lipinski definition) is 19. The van der Waals surface area contributed by atoms with Crippen LogP contribution in [0.1, 0.15) is 107 Å². The molecule has 19 nitrogen and oxygen atoms in total. The molecular formula is C48H82O19. The number of fused-ring (bicyclic) bond motifs is 5. The maximum absolute atomic E-state index is 12.4. The van der Waals surface area contributed by atoms with Crippen LogP contribution in [0.15, 0.2) is 11.6 Å². The van der Waals surface area contributed by atoms with Gasteiger partial charge in [-0.05, 0) is 99.7 Å². The minimum absolute atomic E-state index is 0.0779. The third-order valence-electron chi connectivity index (χ3n) is 18.7. The Kier molecular flexibility index (Phi) is 15.9. The SMILES string of the molecule is C[C@H](CC[C@@H](O[C@@H]1O[C@H](CO)[C@@H](O)[C@H](O)[C@H]1OC1O[C@@H](CO)[C@H](O[C@H]2O[C@@H](CO)[C@H](O)[C@@H](O)[C@@H]2O)[C@@H](O)[C@@H]1O)C(C)(C)O)C1CC[C@@]2(C)C3CC=C4C(CC[C@H](O)C4(C)C)[C@]3(C)[C@H](O)C[C@]12C. The van der Waals surface area contributed by atoms with E-state index in [0.717, 1.165) is 25.7 Å². The largest absolute Gasteiger partial charge is 0.394 e. The number of aliphatic hydroxyl groups is 13. The molecule has 3 saturated carbocycles. The molecule has 13 N–H and O–H groups in total. The van der Waals surface area contributed by atoms with Gasteiger partial charge in [0.2, 0.25) is 0 Å². The van der Waals surface area contributed by atoms with Crippen LogP contribution < -0.4 is 0 Å². The highest BCUT2D eigenvalue weighted by Crippen LogP contribution is 2.75. The Morgan fingerprint density at radius 3 is 1.78 bits per heavy atom. The van der Waals surface area contributed by atoms with Gasteiger partial charge in [0.25, 0.3) is 0 Å². The van der Waals surface area contributed by atoms with Crippen molar-refractivity contribution >= 4 is 0 Å². The molecule has 388 valence electrons. The van der Waals surface area contributed by atoms with Crippen molar-refractivity contribution in [1.29, 1.82) is 0 Å². The third kappa shape index (κ3) is 9.13. The quantitative estimate of drug-likeness (QED) is 0.0924. The topological polar surface area (TPSA) is 318 Å². The van der Waals surface area contributed by atoms with Crippen molar-refractivity contribution in [3.63, 3.8) is 0 Å². The highest BCUT2D eigenvalue weighted by Gasteiger charge is 2.70. The van der Waals surface area contributed by atoms with Crippen molar-refractivity contribution in [3.8, 4) is 0 Å². The summed E-state index contributed by atoms with van der Waals surface area (Å²) in [7, 11) is 0. The molecule has 0 aromatic rings. The first-order chi connectivity index (χ1) is 31.2. The molecule has 0 amide bonds. The van der Waals surface area contributed by atoms with E-state index < -0.39 is 136 Å². The summed E-state index contributed by atoms with van der Waals surface area (Å²) < 4.78 is 35.3. The molecule has 3 saturated heterocycles. The monoisotopic (exact) mass is 963 g/mol. The molecule has 25 atom stereocenters. The van der Waals surface area contributed by atoms with Crippen LogP contribution in [0.25, 0.3) is 0 Å². The zero-order valence-corrected chi connectivity index (χ0v) is 40.3. The molecule has 7 rings (SSSR count). The molecule has 4 aliphatic carbocycles. The maximum Gasteiger partial charge on any atom is 0.187 e. The zero-order chi connectivity index (χ0) is 49.5. The average molecular weight is 963 g/mol. The molecule has 0 aromatic carbocycles. The molecule has 6 fully saturated rings. The van der Waals surface area contributed by atoms with Crippen LogP contribution in [-0.4, -0.2) is 202 Å². The predicted octanol–water partition coefficient (Wildman–Crippen LogP) is -1.06. The second kappa shape index (κ2) is 19.8. The van der Waals surface area contributed by atoms with Gasteiger partial charge in [0, 0.05) is 10.8 Å². The van der Waals surface area contributed by atoms with Crippen LogP contribution in [0.5, 0.6) is 0 Å². The summed E-state index contributed by atoms with van der Waals surface area (Å²) in [5.74, 6) is 0.748. The smallest absolute Gasteiger partial charge is 0.187 e. The van der Waals surface area contributed by atoms with Gasteiger partial charge in [0.05, 0.1) is 43.7 Å². The molecule has 4 unspecified atom stereocenters. The van der Waals surface area contributed by atoms with Crippen molar-refractivity contribution in [1.82, 2.24) is 0 Å². The van der Waals surface area contributed by atoms with E-state index >= 15 is 0 Å². The Hall–Kier alpha value is -1.02. The number of hydrogen-bond donors (Lipinski definition) is 13. The second-order valence-electron chi connectivity index (χ2n) is 23.0. The molecule has 7 aliphatic rings. The van der Waals surface area contributed by atoms with Gasteiger partial charge in [0.15, 0.2) is 18.9 Å². The van der Waals surface area contributed by atoms with Crippen molar-refractivity contribution in [2.75, 3.05) is 19.8 Å². The fourth-order valence-electron chi connectivity index (χ4n) is 14.2. The average Bonchev–Trinajstić information content (AvgIpc) is 3.54. The van der Waals surface area contributed by atoms with Gasteiger partial charge in [-0.3, -0.25) is 0 Å². The predicted molar refractivity (Wildman–Crippen MR) is 235 cm³/mol. The zero-order valence-electron chi connectivity index (χ0n) is 40.3. The molecule has 67 heavy (non-hydrogen) atoms. The molecule has 0 bridgehead atoms. The third-order valence-corrected chi connectivity index (χ3v) is 18.7. The standard InChI is InChI=1S/C48H82O19/c1-21(22-15-16-46(6)28-12-10-23-24(11-13-29(52)44(23,2)3)48(28,8)30(53)17-47(22,46)7)9-14-31(45(4,5)61)65-43-40(35(57)33(55)26(19-50)63-43)67-42-38(60)36(58)39(27(20-51)64-42)66-41-37(59)34(56)32(54)25(18-49)62-41/h10,21-22,24-43,49-61H,9,11-20H2,1-8H3/t21-,22?,24?,25+,26-,27+,28?,29+,30-,31-,32+,33-,34-,35+,36+,37+,38+,39+,40-,41-,42?,43+,46+,47-,48+/m1/s1. The van der Waals surface area contributed by atoms with Crippen molar-refractivity contribution in [2.45, 2.75) is 223 Å². The Morgan fingerprint density at radius 1 is 0.642 bits per heavy atom. The lowest BCUT2D eigenvalue weighted by Gasteiger charge is -2.67.